The molecule has 0 radical (unpaired) electrons. The molecule has 7 heteroatoms. The van der Waals surface area contributed by atoms with E-state index in [1.165, 1.54) is 11.6 Å². The number of carbonyl (C=O) groups is 1. The van der Waals surface area contributed by atoms with Crippen LogP contribution in [0.4, 0.5) is 5.69 Å². The van der Waals surface area contributed by atoms with Gasteiger partial charge in [-0.2, -0.15) is 5.26 Å². The molecule has 0 bridgehead atoms. The van der Waals surface area contributed by atoms with E-state index in [-0.39, 0.29) is 5.57 Å². The van der Waals surface area contributed by atoms with E-state index < -0.39 is 5.91 Å². The molecule has 1 N–H and O–H groups in total. The van der Waals surface area contributed by atoms with Gasteiger partial charge in [-0.15, -0.1) is 0 Å². The van der Waals surface area contributed by atoms with Crippen molar-refractivity contribution in [3.63, 3.8) is 0 Å². The van der Waals surface area contributed by atoms with Gasteiger partial charge in [-0.1, -0.05) is 47.5 Å². The molecule has 4 nitrogen and oxygen atoms in total. The third-order valence-electron chi connectivity index (χ3n) is 4.24. The van der Waals surface area contributed by atoms with Crippen LogP contribution in [0.25, 0.3) is 6.08 Å². The fourth-order valence-corrected chi connectivity index (χ4v) is 4.80. The maximum Gasteiger partial charge on any atom is 0.266 e. The summed E-state index contributed by atoms with van der Waals surface area (Å²) in [6.45, 7) is 2.48. The number of ether oxygens (including phenoxy) is 1. The largest absolute Gasteiger partial charge is 0.487 e. The van der Waals surface area contributed by atoms with Crippen molar-refractivity contribution in [1.82, 2.24) is 0 Å². The molecule has 31 heavy (non-hydrogen) atoms. The van der Waals surface area contributed by atoms with Crippen LogP contribution in [0.15, 0.2) is 70.7 Å². The van der Waals surface area contributed by atoms with E-state index in [0.717, 1.165) is 13.6 Å². The maximum absolute atomic E-state index is 12.5. The Hall–Kier alpha value is -2.34. The molecular formula is C24H17BrClIN2O2. The van der Waals surface area contributed by atoms with Crippen molar-refractivity contribution in [3.8, 4) is 11.8 Å². The minimum atomic E-state index is -0.504. The summed E-state index contributed by atoms with van der Waals surface area (Å²) in [6.07, 6.45) is 1.54. The van der Waals surface area contributed by atoms with Gasteiger partial charge in [-0.25, -0.2) is 0 Å². The summed E-state index contributed by atoms with van der Waals surface area (Å²) in [5, 5.41) is 12.7. The molecule has 0 aliphatic carbocycles. The number of nitrogens with zero attached hydrogens (tertiary/aromatic N) is 1. The Bertz CT molecular complexity index is 1180. The van der Waals surface area contributed by atoms with E-state index in [9.17, 15) is 10.1 Å². The number of nitrogens with one attached hydrogen (secondary N) is 1. The third-order valence-corrected chi connectivity index (χ3v) is 5.87. The second-order valence-corrected chi connectivity index (χ2v) is 9.18. The highest BCUT2D eigenvalue weighted by Gasteiger charge is 2.13. The molecule has 0 unspecified atom stereocenters. The van der Waals surface area contributed by atoms with Gasteiger partial charge in [0.15, 0.2) is 0 Å². The van der Waals surface area contributed by atoms with E-state index in [0.29, 0.717) is 28.6 Å². The SMILES string of the molecule is Cc1cccc(COc2c(Br)cc(/C=C(\C#N)C(=O)Nc3cccc(Cl)c3)cc2I)c1. The summed E-state index contributed by atoms with van der Waals surface area (Å²) in [5.74, 6) is 0.205. The van der Waals surface area contributed by atoms with Gasteiger partial charge in [0.2, 0.25) is 0 Å². The Morgan fingerprint density at radius 3 is 2.68 bits per heavy atom. The molecule has 3 aromatic rings. The lowest BCUT2D eigenvalue weighted by molar-refractivity contribution is -0.112. The van der Waals surface area contributed by atoms with Crippen molar-refractivity contribution in [2.24, 2.45) is 0 Å². The molecule has 0 saturated carbocycles. The van der Waals surface area contributed by atoms with Crippen molar-refractivity contribution in [1.29, 1.82) is 5.26 Å². The second-order valence-electron chi connectivity index (χ2n) is 6.73. The van der Waals surface area contributed by atoms with Crippen LogP contribution < -0.4 is 10.1 Å². The summed E-state index contributed by atoms with van der Waals surface area (Å²) in [4.78, 5) is 12.5. The third kappa shape index (κ3) is 6.57. The maximum atomic E-state index is 12.5. The molecule has 0 saturated heterocycles. The van der Waals surface area contributed by atoms with Gasteiger partial charge in [0.1, 0.15) is 24.0 Å². The predicted octanol–water partition coefficient (Wildman–Crippen LogP) is 7.14. The fourth-order valence-electron chi connectivity index (χ4n) is 2.84. The van der Waals surface area contributed by atoms with Crippen LogP contribution in [0.2, 0.25) is 5.02 Å². The minimum Gasteiger partial charge on any atom is -0.487 e. The quantitative estimate of drug-likeness (QED) is 0.184. The second kappa shape index (κ2) is 10.8. The molecule has 1 amide bonds. The van der Waals surface area contributed by atoms with Gasteiger partial charge in [0.05, 0.1) is 8.04 Å². The summed E-state index contributed by atoms with van der Waals surface area (Å²) >= 11 is 11.7. The Labute approximate surface area is 208 Å². The fraction of sp³-hybridized carbons (Fsp3) is 0.0833. The molecule has 0 aliphatic rings. The first-order chi connectivity index (χ1) is 14.9. The van der Waals surface area contributed by atoms with Gasteiger partial charge < -0.3 is 10.1 Å². The lowest BCUT2D eigenvalue weighted by atomic mass is 10.1. The van der Waals surface area contributed by atoms with Gasteiger partial charge in [0.25, 0.3) is 5.91 Å². The van der Waals surface area contributed by atoms with Crippen molar-refractivity contribution in [3.05, 3.63) is 96.0 Å². The number of carbonyl (C=O) groups excluding carboxylic acids is 1. The number of anilines is 1. The molecule has 3 aromatic carbocycles. The first-order valence-electron chi connectivity index (χ1n) is 9.22. The van der Waals surface area contributed by atoms with E-state index in [1.807, 2.05) is 43.3 Å². The molecule has 3 rings (SSSR count). The number of hydrogen-bond acceptors (Lipinski definition) is 3. The van der Waals surface area contributed by atoms with Crippen molar-refractivity contribution in [2.75, 3.05) is 5.32 Å². The van der Waals surface area contributed by atoms with E-state index in [1.54, 1.807) is 24.3 Å². The van der Waals surface area contributed by atoms with Crippen LogP contribution in [0.5, 0.6) is 5.75 Å². The van der Waals surface area contributed by atoms with E-state index in [4.69, 9.17) is 16.3 Å². The Morgan fingerprint density at radius 1 is 1.23 bits per heavy atom. The molecule has 0 fully saturated rings. The van der Waals surface area contributed by atoms with Crippen molar-refractivity contribution < 1.29 is 9.53 Å². The zero-order valence-corrected chi connectivity index (χ0v) is 21.0. The number of benzene rings is 3. The van der Waals surface area contributed by atoms with Crippen molar-refractivity contribution in [2.45, 2.75) is 13.5 Å². The molecule has 0 heterocycles. The molecule has 156 valence electrons. The van der Waals surface area contributed by atoms with Crippen LogP contribution in [0, 0.1) is 21.8 Å². The summed E-state index contributed by atoms with van der Waals surface area (Å²) in [5.41, 5.74) is 3.47. The van der Waals surface area contributed by atoms with Crippen LogP contribution in [0.1, 0.15) is 16.7 Å². The van der Waals surface area contributed by atoms with E-state index in [2.05, 4.69) is 49.9 Å². The number of hydrogen-bond donors (Lipinski definition) is 1. The molecule has 0 atom stereocenters. The Balaban J connectivity index is 1.77. The number of nitriles is 1. The highest BCUT2D eigenvalue weighted by molar-refractivity contribution is 14.1. The first-order valence-corrected chi connectivity index (χ1v) is 11.5. The van der Waals surface area contributed by atoms with Crippen molar-refractivity contribution >= 4 is 67.8 Å². The summed E-state index contributed by atoms with van der Waals surface area (Å²) < 4.78 is 7.60. The number of halogens is 3. The average Bonchev–Trinajstić information content (AvgIpc) is 2.71. The van der Waals surface area contributed by atoms with Gasteiger partial charge in [-0.05, 0) is 93.0 Å². The zero-order valence-electron chi connectivity index (χ0n) is 16.5. The Kier molecular flexibility index (Phi) is 8.13. The smallest absolute Gasteiger partial charge is 0.266 e. The van der Waals surface area contributed by atoms with E-state index >= 15 is 0 Å². The topological polar surface area (TPSA) is 62.1 Å². The molecule has 0 spiro atoms. The first kappa shape index (κ1) is 23.3. The Morgan fingerprint density at radius 2 is 2.00 bits per heavy atom. The number of aryl methyl sites for hydroxylation is 1. The standard InChI is InChI=1S/C24H17BrClIN2O2/c1-15-4-2-5-16(8-15)14-31-23-21(25)10-17(11-22(23)27)9-18(13-28)24(30)29-20-7-3-6-19(26)12-20/h2-12H,14H2,1H3,(H,29,30)/b18-9+. The zero-order chi connectivity index (χ0) is 22.4. The van der Waals surface area contributed by atoms with Gasteiger partial charge in [-0.3, -0.25) is 4.79 Å². The predicted molar refractivity (Wildman–Crippen MR) is 136 cm³/mol. The van der Waals surface area contributed by atoms with Crippen LogP contribution in [0.3, 0.4) is 0 Å². The van der Waals surface area contributed by atoms with Crippen LogP contribution >= 0.6 is 50.1 Å². The normalized spacial score (nSPS) is 11.0. The van der Waals surface area contributed by atoms with Crippen LogP contribution in [-0.2, 0) is 11.4 Å². The lowest BCUT2D eigenvalue weighted by Gasteiger charge is -2.12. The number of rotatable bonds is 6. The van der Waals surface area contributed by atoms with Gasteiger partial charge in [0, 0.05) is 10.7 Å². The monoisotopic (exact) mass is 606 g/mol. The highest BCUT2D eigenvalue weighted by atomic mass is 127. The molecule has 0 aliphatic heterocycles. The lowest BCUT2D eigenvalue weighted by Crippen LogP contribution is -2.13. The summed E-state index contributed by atoms with van der Waals surface area (Å²) in [6, 6.07) is 20.5. The molecule has 0 aromatic heterocycles. The highest BCUT2D eigenvalue weighted by Crippen LogP contribution is 2.33. The van der Waals surface area contributed by atoms with Gasteiger partial charge >= 0.3 is 0 Å². The van der Waals surface area contributed by atoms with Crippen LogP contribution in [-0.4, -0.2) is 5.91 Å². The molecular weight excluding hydrogens is 591 g/mol. The minimum absolute atomic E-state index is 0.0175. The average molecular weight is 608 g/mol. The summed E-state index contributed by atoms with van der Waals surface area (Å²) in [7, 11) is 0. The number of amides is 1.